The Kier molecular flexibility index (Phi) is 1.55. The third-order valence-corrected chi connectivity index (χ3v) is 2.18. The number of fused-ring (bicyclic) bond motifs is 1. The Morgan fingerprint density at radius 3 is 3.00 bits per heavy atom. The largest absolute Gasteiger partial charge is 0.364 e. The highest BCUT2D eigenvalue weighted by molar-refractivity contribution is 5.62. The van der Waals surface area contributed by atoms with Crippen LogP contribution in [0.1, 0.15) is 0 Å². The third kappa shape index (κ3) is 1.10. The van der Waals surface area contributed by atoms with E-state index < -0.39 is 0 Å². The maximum Gasteiger partial charge on any atom is 0.153 e. The molecule has 0 spiro atoms. The summed E-state index contributed by atoms with van der Waals surface area (Å²) in [5.74, 6) is 0. The molecule has 2 rings (SSSR count). The fourth-order valence-electron chi connectivity index (χ4n) is 1.54. The molecule has 2 heteroatoms. The lowest BCUT2D eigenvalue weighted by Gasteiger charge is -2.24. The summed E-state index contributed by atoms with van der Waals surface area (Å²) < 4.78 is 0. The number of quaternary nitrogens is 1. The number of para-hydroxylation sites is 2. The van der Waals surface area contributed by atoms with Crippen molar-refractivity contribution in [1.29, 1.82) is 0 Å². The molecule has 0 fully saturated rings. The standard InChI is InChI=1S/C9H12N2/c1-11-7-6-10-8-4-2-3-5-9(8)11/h2-5,10H,6-7H2,1H3/p+1. The second-order valence-electron chi connectivity index (χ2n) is 2.97. The fourth-order valence-corrected chi connectivity index (χ4v) is 1.54. The summed E-state index contributed by atoms with van der Waals surface area (Å²) in [4.78, 5) is 2.30. The summed E-state index contributed by atoms with van der Waals surface area (Å²) >= 11 is 0. The molecule has 0 aliphatic carbocycles. The molecule has 2 N–H and O–H groups in total. The molecular formula is C9H13N2+. The lowest BCUT2D eigenvalue weighted by atomic mass is 10.2. The first kappa shape index (κ1) is 6.68. The van der Waals surface area contributed by atoms with Gasteiger partial charge in [-0.15, -0.1) is 0 Å². The molecule has 58 valence electrons. The van der Waals surface area contributed by atoms with Gasteiger partial charge in [0.05, 0.1) is 18.8 Å². The maximum absolute atomic E-state index is 2.30. The van der Waals surface area contributed by atoms with E-state index in [9.17, 15) is 0 Å². The summed E-state index contributed by atoms with van der Waals surface area (Å²) in [5, 5.41) is 2.30. The molecule has 0 saturated carbocycles. The SMILES string of the molecule is CN1CC[NH2+]c2ccccc21. The van der Waals surface area contributed by atoms with Gasteiger partial charge in [0.1, 0.15) is 0 Å². The predicted molar refractivity (Wildman–Crippen MR) is 46.2 cm³/mol. The molecule has 1 aromatic carbocycles. The van der Waals surface area contributed by atoms with E-state index in [0.29, 0.717) is 0 Å². The first-order valence-corrected chi connectivity index (χ1v) is 4.01. The topological polar surface area (TPSA) is 19.9 Å². The molecular weight excluding hydrogens is 136 g/mol. The summed E-state index contributed by atoms with van der Waals surface area (Å²) in [5.41, 5.74) is 2.74. The first-order chi connectivity index (χ1) is 5.38. The van der Waals surface area contributed by atoms with Crippen molar-refractivity contribution in [2.75, 3.05) is 25.0 Å². The zero-order chi connectivity index (χ0) is 7.68. The van der Waals surface area contributed by atoms with E-state index in [4.69, 9.17) is 0 Å². The number of hydrogen-bond acceptors (Lipinski definition) is 1. The van der Waals surface area contributed by atoms with E-state index in [1.807, 2.05) is 0 Å². The van der Waals surface area contributed by atoms with Gasteiger partial charge in [0.2, 0.25) is 0 Å². The second kappa shape index (κ2) is 2.55. The first-order valence-electron chi connectivity index (χ1n) is 4.01. The van der Waals surface area contributed by atoms with Crippen LogP contribution < -0.4 is 10.2 Å². The Hall–Kier alpha value is -1.02. The van der Waals surface area contributed by atoms with Crippen molar-refractivity contribution in [2.45, 2.75) is 0 Å². The lowest BCUT2D eigenvalue weighted by molar-refractivity contribution is -0.570. The molecule has 1 heterocycles. The number of nitrogens with zero attached hydrogens (tertiary/aromatic N) is 1. The Balaban J connectivity index is 2.44. The fraction of sp³-hybridized carbons (Fsp3) is 0.333. The molecule has 0 saturated heterocycles. The molecule has 0 amide bonds. The summed E-state index contributed by atoms with van der Waals surface area (Å²) in [6.45, 7) is 2.32. The van der Waals surface area contributed by atoms with Crippen molar-refractivity contribution in [3.63, 3.8) is 0 Å². The predicted octanol–water partition coefficient (Wildman–Crippen LogP) is 0.331. The minimum absolute atomic E-state index is 1.15. The van der Waals surface area contributed by atoms with Crippen molar-refractivity contribution >= 4 is 11.4 Å². The van der Waals surface area contributed by atoms with Gasteiger partial charge in [-0.2, -0.15) is 0 Å². The van der Waals surface area contributed by atoms with E-state index in [0.717, 1.165) is 6.54 Å². The van der Waals surface area contributed by atoms with Gasteiger partial charge < -0.3 is 10.2 Å². The highest BCUT2D eigenvalue weighted by atomic mass is 15.2. The van der Waals surface area contributed by atoms with Crippen LogP contribution in [0.5, 0.6) is 0 Å². The smallest absolute Gasteiger partial charge is 0.153 e. The Morgan fingerprint density at radius 1 is 1.36 bits per heavy atom. The monoisotopic (exact) mass is 149 g/mol. The number of rotatable bonds is 0. The van der Waals surface area contributed by atoms with E-state index in [1.165, 1.54) is 17.9 Å². The molecule has 1 aliphatic rings. The summed E-state index contributed by atoms with van der Waals surface area (Å²) in [6, 6.07) is 8.53. The molecule has 1 aromatic rings. The van der Waals surface area contributed by atoms with E-state index in [-0.39, 0.29) is 0 Å². The van der Waals surface area contributed by atoms with Crippen molar-refractivity contribution in [2.24, 2.45) is 0 Å². The van der Waals surface area contributed by atoms with E-state index in [1.54, 1.807) is 0 Å². The molecule has 11 heavy (non-hydrogen) atoms. The van der Waals surface area contributed by atoms with Crippen LogP contribution in [-0.4, -0.2) is 20.1 Å². The van der Waals surface area contributed by atoms with Crippen LogP contribution in [0.15, 0.2) is 24.3 Å². The van der Waals surface area contributed by atoms with Gasteiger partial charge in [0, 0.05) is 13.1 Å². The molecule has 0 unspecified atom stereocenters. The quantitative estimate of drug-likeness (QED) is 0.527. The molecule has 0 aromatic heterocycles. The molecule has 0 radical (unpaired) electrons. The normalized spacial score (nSPS) is 16.3. The number of likely N-dealkylation sites (N-methyl/N-ethyl adjacent to an activating group) is 1. The summed E-state index contributed by atoms with van der Waals surface area (Å²) in [6.07, 6.45) is 0. The van der Waals surface area contributed by atoms with Crippen LogP contribution in [0, 0.1) is 0 Å². The van der Waals surface area contributed by atoms with Crippen LogP contribution in [-0.2, 0) is 0 Å². The highest BCUT2D eigenvalue weighted by Gasteiger charge is 2.14. The number of nitrogens with two attached hydrogens (primary N) is 1. The Labute approximate surface area is 66.8 Å². The average Bonchev–Trinajstić information content (AvgIpc) is 2.06. The highest BCUT2D eigenvalue weighted by Crippen LogP contribution is 2.21. The van der Waals surface area contributed by atoms with Gasteiger partial charge in [-0.05, 0) is 6.07 Å². The minimum Gasteiger partial charge on any atom is -0.364 e. The third-order valence-electron chi connectivity index (χ3n) is 2.18. The van der Waals surface area contributed by atoms with Crippen LogP contribution in [0.2, 0.25) is 0 Å². The van der Waals surface area contributed by atoms with Gasteiger partial charge in [-0.25, -0.2) is 0 Å². The second-order valence-corrected chi connectivity index (χ2v) is 2.97. The van der Waals surface area contributed by atoms with Gasteiger partial charge in [0.15, 0.2) is 5.69 Å². The van der Waals surface area contributed by atoms with Gasteiger partial charge in [-0.1, -0.05) is 12.1 Å². The van der Waals surface area contributed by atoms with Crippen molar-refractivity contribution in [3.05, 3.63) is 24.3 Å². The molecule has 0 atom stereocenters. The zero-order valence-electron chi connectivity index (χ0n) is 6.75. The number of anilines is 1. The zero-order valence-corrected chi connectivity index (χ0v) is 6.75. The molecule has 2 nitrogen and oxygen atoms in total. The van der Waals surface area contributed by atoms with Crippen molar-refractivity contribution < 1.29 is 5.32 Å². The molecule has 1 aliphatic heterocycles. The van der Waals surface area contributed by atoms with E-state index >= 15 is 0 Å². The Bertz CT molecular complexity index is 257. The lowest BCUT2D eigenvalue weighted by Crippen LogP contribution is -2.81. The van der Waals surface area contributed by atoms with Gasteiger partial charge in [0.25, 0.3) is 0 Å². The van der Waals surface area contributed by atoms with Crippen LogP contribution in [0.4, 0.5) is 11.4 Å². The Morgan fingerprint density at radius 2 is 2.18 bits per heavy atom. The minimum atomic E-state index is 1.15. The van der Waals surface area contributed by atoms with Crippen molar-refractivity contribution in [1.82, 2.24) is 0 Å². The van der Waals surface area contributed by atoms with E-state index in [2.05, 4.69) is 41.5 Å². The van der Waals surface area contributed by atoms with Gasteiger partial charge >= 0.3 is 0 Å². The van der Waals surface area contributed by atoms with Crippen LogP contribution >= 0.6 is 0 Å². The van der Waals surface area contributed by atoms with Crippen LogP contribution in [0.25, 0.3) is 0 Å². The molecule has 0 bridgehead atoms. The van der Waals surface area contributed by atoms with Gasteiger partial charge in [-0.3, -0.25) is 0 Å². The van der Waals surface area contributed by atoms with Crippen molar-refractivity contribution in [3.8, 4) is 0 Å². The number of hydrogen-bond donors (Lipinski definition) is 1. The van der Waals surface area contributed by atoms with Crippen LogP contribution in [0.3, 0.4) is 0 Å². The maximum atomic E-state index is 2.30. The number of benzene rings is 1. The average molecular weight is 149 g/mol. The summed E-state index contributed by atoms with van der Waals surface area (Å²) in [7, 11) is 2.14.